The molecule has 156 valence electrons. The summed E-state index contributed by atoms with van der Waals surface area (Å²) in [5, 5.41) is 2.56. The van der Waals surface area contributed by atoms with Crippen LogP contribution in [0.5, 0.6) is 5.75 Å². The molecule has 0 heterocycles. The van der Waals surface area contributed by atoms with Crippen LogP contribution < -0.4 is 10.1 Å². The van der Waals surface area contributed by atoms with E-state index in [0.717, 1.165) is 9.87 Å². The summed E-state index contributed by atoms with van der Waals surface area (Å²) in [4.78, 5) is 24.7. The molecule has 0 saturated heterocycles. The van der Waals surface area contributed by atoms with Crippen molar-refractivity contribution < 1.29 is 27.5 Å². The number of esters is 1. The molecule has 0 spiro atoms. The maximum Gasteiger partial charge on any atom is 0.339 e. The molecule has 29 heavy (non-hydrogen) atoms. The van der Waals surface area contributed by atoms with Crippen molar-refractivity contribution >= 4 is 27.6 Å². The van der Waals surface area contributed by atoms with E-state index in [-0.39, 0.29) is 16.1 Å². The smallest absolute Gasteiger partial charge is 0.339 e. The van der Waals surface area contributed by atoms with Gasteiger partial charge in [0.05, 0.1) is 17.6 Å². The number of nitrogens with zero attached hydrogens (tertiary/aromatic N) is 1. The second-order valence-corrected chi connectivity index (χ2v) is 8.69. The van der Waals surface area contributed by atoms with E-state index < -0.39 is 28.0 Å². The lowest BCUT2D eigenvalue weighted by molar-refractivity contribution is -0.123. The highest BCUT2D eigenvalue weighted by Crippen LogP contribution is 2.21. The molecule has 1 N–H and O–H groups in total. The number of sulfonamides is 1. The number of anilines is 1. The maximum absolute atomic E-state index is 12.4. The number of hydrogen-bond donors (Lipinski definition) is 1. The fourth-order valence-electron chi connectivity index (χ4n) is 2.42. The van der Waals surface area contributed by atoms with Crippen molar-refractivity contribution in [1.29, 1.82) is 0 Å². The van der Waals surface area contributed by atoms with Crippen LogP contribution in [0.25, 0.3) is 0 Å². The fourth-order valence-corrected chi connectivity index (χ4v) is 3.37. The van der Waals surface area contributed by atoms with Crippen LogP contribution in [0.2, 0.25) is 0 Å². The number of nitrogens with one attached hydrogen (secondary N) is 1. The standard InChI is InChI=1S/C20H24N2O6S/c1-13-9-10-15(11-18(13)27-5)20(24)28-14(2)19(23)21-16-7-6-8-17(12-16)29(25,26)22(3)4/h6-12,14H,1-5H3,(H,21,23)/t14-/m0/s1. The quantitative estimate of drug-likeness (QED) is 0.691. The minimum Gasteiger partial charge on any atom is -0.496 e. The third-order valence-corrected chi connectivity index (χ3v) is 5.99. The summed E-state index contributed by atoms with van der Waals surface area (Å²) in [6.07, 6.45) is -1.09. The highest BCUT2D eigenvalue weighted by Gasteiger charge is 2.21. The summed E-state index contributed by atoms with van der Waals surface area (Å²) in [6.45, 7) is 3.27. The third-order valence-electron chi connectivity index (χ3n) is 4.18. The lowest BCUT2D eigenvalue weighted by atomic mass is 10.1. The Morgan fingerprint density at radius 3 is 2.41 bits per heavy atom. The third kappa shape index (κ3) is 5.33. The maximum atomic E-state index is 12.4. The molecule has 0 aromatic heterocycles. The molecule has 0 bridgehead atoms. The van der Waals surface area contributed by atoms with E-state index in [2.05, 4.69) is 5.32 Å². The fraction of sp³-hybridized carbons (Fsp3) is 0.300. The number of benzene rings is 2. The van der Waals surface area contributed by atoms with Crippen molar-refractivity contribution in [2.75, 3.05) is 26.5 Å². The van der Waals surface area contributed by atoms with Crippen molar-refractivity contribution in [3.8, 4) is 5.75 Å². The van der Waals surface area contributed by atoms with Crippen LogP contribution in [0.3, 0.4) is 0 Å². The Hall–Kier alpha value is -2.91. The van der Waals surface area contributed by atoms with Crippen molar-refractivity contribution in [1.82, 2.24) is 4.31 Å². The van der Waals surface area contributed by atoms with Crippen molar-refractivity contribution in [2.24, 2.45) is 0 Å². The average Bonchev–Trinajstić information content (AvgIpc) is 2.68. The average molecular weight is 420 g/mol. The number of carbonyl (C=O) groups excluding carboxylic acids is 2. The molecule has 8 nitrogen and oxygen atoms in total. The van der Waals surface area contributed by atoms with E-state index in [4.69, 9.17) is 9.47 Å². The van der Waals surface area contributed by atoms with Gasteiger partial charge in [0.1, 0.15) is 5.75 Å². The Kier molecular flexibility index (Phi) is 6.99. The summed E-state index contributed by atoms with van der Waals surface area (Å²) >= 11 is 0. The number of amides is 1. The SMILES string of the molecule is COc1cc(C(=O)O[C@@H](C)C(=O)Nc2cccc(S(=O)(=O)N(C)C)c2)ccc1C. The molecule has 0 fully saturated rings. The highest BCUT2D eigenvalue weighted by molar-refractivity contribution is 7.89. The van der Waals surface area contributed by atoms with Crippen LogP contribution in [0.1, 0.15) is 22.8 Å². The van der Waals surface area contributed by atoms with Crippen LogP contribution in [0.4, 0.5) is 5.69 Å². The molecule has 9 heteroatoms. The van der Waals surface area contributed by atoms with E-state index in [1.165, 1.54) is 52.4 Å². The molecule has 1 amide bonds. The molecular weight excluding hydrogens is 396 g/mol. The second kappa shape index (κ2) is 9.06. The molecular formula is C20H24N2O6S. The first-order valence-electron chi connectivity index (χ1n) is 8.75. The van der Waals surface area contributed by atoms with E-state index in [1.807, 2.05) is 6.92 Å². The minimum atomic E-state index is -3.64. The Labute approximate surface area is 170 Å². The Morgan fingerprint density at radius 1 is 1.10 bits per heavy atom. The topological polar surface area (TPSA) is 102 Å². The van der Waals surface area contributed by atoms with Gasteiger partial charge in [-0.15, -0.1) is 0 Å². The Morgan fingerprint density at radius 2 is 1.79 bits per heavy atom. The largest absolute Gasteiger partial charge is 0.496 e. The summed E-state index contributed by atoms with van der Waals surface area (Å²) in [6, 6.07) is 10.7. The second-order valence-electron chi connectivity index (χ2n) is 6.54. The molecule has 0 saturated carbocycles. The molecule has 2 rings (SSSR count). The zero-order valence-electron chi connectivity index (χ0n) is 16.9. The number of aryl methyl sites for hydroxylation is 1. The van der Waals surface area contributed by atoms with Crippen molar-refractivity contribution in [3.63, 3.8) is 0 Å². The number of carbonyl (C=O) groups is 2. The first kappa shape index (κ1) is 22.4. The van der Waals surface area contributed by atoms with Crippen LogP contribution in [0, 0.1) is 6.92 Å². The monoisotopic (exact) mass is 420 g/mol. The van der Waals surface area contributed by atoms with E-state index >= 15 is 0 Å². The Balaban J connectivity index is 2.09. The summed E-state index contributed by atoms with van der Waals surface area (Å²) < 4.78 is 35.9. The Bertz CT molecular complexity index is 1020. The van der Waals surface area contributed by atoms with Crippen LogP contribution in [-0.2, 0) is 19.6 Å². The zero-order chi connectivity index (χ0) is 21.8. The molecule has 0 unspecified atom stereocenters. The number of rotatable bonds is 7. The lowest BCUT2D eigenvalue weighted by Crippen LogP contribution is -2.30. The predicted molar refractivity (Wildman–Crippen MR) is 109 cm³/mol. The normalized spacial score (nSPS) is 12.3. The molecule has 2 aromatic carbocycles. The van der Waals surface area contributed by atoms with Crippen LogP contribution in [0.15, 0.2) is 47.4 Å². The van der Waals surface area contributed by atoms with E-state index in [1.54, 1.807) is 18.2 Å². The molecule has 0 aliphatic heterocycles. The first-order valence-corrected chi connectivity index (χ1v) is 10.2. The van der Waals surface area contributed by atoms with Gasteiger partial charge in [-0.1, -0.05) is 12.1 Å². The van der Waals surface area contributed by atoms with E-state index in [0.29, 0.717) is 5.75 Å². The van der Waals surface area contributed by atoms with Gasteiger partial charge >= 0.3 is 5.97 Å². The van der Waals surface area contributed by atoms with Crippen LogP contribution >= 0.6 is 0 Å². The summed E-state index contributed by atoms with van der Waals surface area (Å²) in [7, 11) is 0.700. The van der Waals surface area contributed by atoms with E-state index in [9.17, 15) is 18.0 Å². The van der Waals surface area contributed by atoms with Gasteiger partial charge in [0, 0.05) is 19.8 Å². The van der Waals surface area contributed by atoms with Gasteiger partial charge < -0.3 is 14.8 Å². The van der Waals surface area contributed by atoms with Gasteiger partial charge in [-0.2, -0.15) is 0 Å². The van der Waals surface area contributed by atoms with Gasteiger partial charge in [0.15, 0.2) is 6.10 Å². The molecule has 0 radical (unpaired) electrons. The summed E-state index contributed by atoms with van der Waals surface area (Å²) in [5.74, 6) is -0.720. The lowest BCUT2D eigenvalue weighted by Gasteiger charge is -2.15. The molecule has 2 aromatic rings. The first-order chi connectivity index (χ1) is 13.6. The molecule has 1 atom stereocenters. The van der Waals surface area contributed by atoms with Gasteiger partial charge in [0.2, 0.25) is 10.0 Å². The summed E-state index contributed by atoms with van der Waals surface area (Å²) in [5.41, 5.74) is 1.39. The van der Waals surface area contributed by atoms with Crippen LogP contribution in [-0.4, -0.2) is 51.9 Å². The minimum absolute atomic E-state index is 0.0386. The van der Waals surface area contributed by atoms with Gasteiger partial charge in [-0.05, 0) is 49.7 Å². The number of ether oxygens (including phenoxy) is 2. The number of hydrogen-bond acceptors (Lipinski definition) is 6. The van der Waals surface area contributed by atoms with Gasteiger partial charge in [0.25, 0.3) is 5.91 Å². The molecule has 0 aliphatic rings. The van der Waals surface area contributed by atoms with Crippen molar-refractivity contribution in [3.05, 3.63) is 53.6 Å². The molecule has 0 aliphatic carbocycles. The zero-order valence-corrected chi connectivity index (χ0v) is 17.7. The van der Waals surface area contributed by atoms with Crippen molar-refractivity contribution in [2.45, 2.75) is 24.8 Å². The van der Waals surface area contributed by atoms with Gasteiger partial charge in [-0.25, -0.2) is 17.5 Å². The highest BCUT2D eigenvalue weighted by atomic mass is 32.2. The number of methoxy groups -OCH3 is 1. The predicted octanol–water partition coefficient (Wildman–Crippen LogP) is 2.44. The van der Waals surface area contributed by atoms with Gasteiger partial charge in [-0.3, -0.25) is 4.79 Å².